The van der Waals surface area contributed by atoms with Crippen molar-refractivity contribution < 1.29 is 0 Å². The van der Waals surface area contributed by atoms with E-state index < -0.39 is 0 Å². The molecule has 0 aliphatic heterocycles. The van der Waals surface area contributed by atoms with Crippen molar-refractivity contribution in [3.63, 3.8) is 0 Å². The molecule has 0 aromatic heterocycles. The Hall–Kier alpha value is -1.00. The van der Waals surface area contributed by atoms with Crippen molar-refractivity contribution in [2.75, 3.05) is 0 Å². The van der Waals surface area contributed by atoms with Gasteiger partial charge < -0.3 is 0 Å². The maximum atomic E-state index is 7.51. The summed E-state index contributed by atoms with van der Waals surface area (Å²) in [5.74, 6) is 0. The maximum absolute atomic E-state index is 7.51. The molecule has 0 radical (unpaired) electrons. The number of nitrogens with zero attached hydrogens (tertiary/aromatic N) is 1. The summed E-state index contributed by atoms with van der Waals surface area (Å²) in [6, 6.07) is 1.69. The molecule has 10 heavy (non-hydrogen) atoms. The highest BCUT2D eigenvalue weighted by Gasteiger charge is 1.59. The minimum absolute atomic E-state index is 0. The third-order valence-corrected chi connectivity index (χ3v) is 0.440. The van der Waals surface area contributed by atoms with E-state index in [1.54, 1.807) is 12.1 Å². The fourth-order valence-electron chi connectivity index (χ4n) is 0. The van der Waals surface area contributed by atoms with Gasteiger partial charge in [-0.15, -0.1) is 12.4 Å². The molecule has 0 amide bonds. The summed E-state index contributed by atoms with van der Waals surface area (Å²) in [7, 11) is 0. The summed E-state index contributed by atoms with van der Waals surface area (Å²) >= 11 is 0. The second kappa shape index (κ2) is 15.7. The minimum Gasteiger partial charge on any atom is -0.193 e. The number of hydrogen-bond acceptors (Lipinski definition) is 1. The van der Waals surface area contributed by atoms with Gasteiger partial charge in [0, 0.05) is 6.08 Å². The van der Waals surface area contributed by atoms with Crippen LogP contribution in [0.2, 0.25) is 0 Å². The summed E-state index contributed by atoms with van der Waals surface area (Å²) in [5.41, 5.74) is 1.02. The third kappa shape index (κ3) is 63.0. The van der Waals surface area contributed by atoms with E-state index in [4.69, 9.17) is 5.26 Å². The van der Waals surface area contributed by atoms with Crippen molar-refractivity contribution >= 4 is 12.4 Å². The fourth-order valence-corrected chi connectivity index (χ4v) is 0. The maximum Gasteiger partial charge on any atom is 0.0905 e. The lowest BCUT2D eigenvalue weighted by Gasteiger charge is -1.71. The molecule has 0 fully saturated rings. The van der Waals surface area contributed by atoms with Crippen LogP contribution in [0.5, 0.6) is 0 Å². The molecule has 0 aromatic carbocycles. The van der Waals surface area contributed by atoms with Crippen LogP contribution in [0.3, 0.4) is 0 Å². The Bertz CT molecular complexity index is 142. The normalized spacial score (nSPS) is 4.80. The van der Waals surface area contributed by atoms with Crippen LogP contribution in [-0.2, 0) is 0 Å². The van der Waals surface area contributed by atoms with Crippen molar-refractivity contribution in [2.24, 2.45) is 0 Å². The second-order valence-electron chi connectivity index (χ2n) is 1.38. The standard InChI is InChI=1S/C5H8.C3H3N.ClH/c1-4-5(2)3;1-2-3-4;/h4H,1-2H2,3H3;2H,1H2;1H. The van der Waals surface area contributed by atoms with Gasteiger partial charge in [-0.2, -0.15) is 5.26 Å². The van der Waals surface area contributed by atoms with E-state index in [1.807, 2.05) is 6.92 Å². The monoisotopic (exact) mass is 157 g/mol. The molecule has 56 valence electrons. The first-order valence-corrected chi connectivity index (χ1v) is 2.47. The van der Waals surface area contributed by atoms with Crippen molar-refractivity contribution in [3.05, 3.63) is 37.5 Å². The van der Waals surface area contributed by atoms with E-state index in [9.17, 15) is 0 Å². The highest BCUT2D eigenvalue weighted by molar-refractivity contribution is 5.85. The van der Waals surface area contributed by atoms with Crippen molar-refractivity contribution in [3.8, 4) is 6.07 Å². The van der Waals surface area contributed by atoms with E-state index >= 15 is 0 Å². The molecule has 0 unspecified atom stereocenters. The largest absolute Gasteiger partial charge is 0.193 e. The number of hydrogen-bond donors (Lipinski definition) is 0. The molecule has 0 aliphatic carbocycles. The van der Waals surface area contributed by atoms with Crippen LogP contribution in [0.4, 0.5) is 0 Å². The first-order chi connectivity index (χ1) is 4.18. The zero-order valence-electron chi connectivity index (χ0n) is 6.13. The Kier molecular flexibility index (Phi) is 25.1. The van der Waals surface area contributed by atoms with Crippen molar-refractivity contribution in [2.45, 2.75) is 6.92 Å². The topological polar surface area (TPSA) is 23.8 Å². The van der Waals surface area contributed by atoms with Gasteiger partial charge in [0.25, 0.3) is 0 Å². The van der Waals surface area contributed by atoms with Crippen LogP contribution < -0.4 is 0 Å². The van der Waals surface area contributed by atoms with Gasteiger partial charge in [-0.25, -0.2) is 0 Å². The van der Waals surface area contributed by atoms with Crippen LogP contribution in [0.15, 0.2) is 37.5 Å². The van der Waals surface area contributed by atoms with Gasteiger partial charge in [0.1, 0.15) is 0 Å². The molecule has 0 bridgehead atoms. The van der Waals surface area contributed by atoms with Crippen LogP contribution in [-0.4, -0.2) is 0 Å². The first kappa shape index (κ1) is 16.0. The Morgan fingerprint density at radius 2 is 1.70 bits per heavy atom. The minimum atomic E-state index is 0. The average Bonchev–Trinajstić information content (AvgIpc) is 1.89. The Morgan fingerprint density at radius 3 is 1.70 bits per heavy atom. The zero-order chi connectivity index (χ0) is 7.70. The number of rotatable bonds is 1. The lowest BCUT2D eigenvalue weighted by molar-refractivity contribution is 1.54. The van der Waals surface area contributed by atoms with Crippen LogP contribution in [0.1, 0.15) is 6.92 Å². The predicted octanol–water partition coefficient (Wildman–Crippen LogP) is 2.87. The SMILES string of the molecule is C=CC#N.C=CC(=C)C.Cl. The van der Waals surface area contributed by atoms with Gasteiger partial charge in [-0.3, -0.25) is 0 Å². The molecule has 0 aromatic rings. The Labute approximate surface area is 68.8 Å². The first-order valence-electron chi connectivity index (χ1n) is 2.47. The summed E-state index contributed by atoms with van der Waals surface area (Å²) in [4.78, 5) is 0. The molecule has 0 atom stereocenters. The van der Waals surface area contributed by atoms with E-state index in [0.29, 0.717) is 0 Å². The number of halogens is 1. The number of allylic oxidation sites excluding steroid dienone is 3. The van der Waals surface area contributed by atoms with Gasteiger partial charge in [0.15, 0.2) is 0 Å². The second-order valence-corrected chi connectivity index (χ2v) is 1.38. The summed E-state index contributed by atoms with van der Waals surface area (Å²) < 4.78 is 0. The lowest BCUT2D eigenvalue weighted by Crippen LogP contribution is -1.50. The third-order valence-electron chi connectivity index (χ3n) is 0.440. The van der Waals surface area contributed by atoms with E-state index in [1.165, 1.54) is 6.08 Å². The molecule has 0 rings (SSSR count). The molecule has 0 saturated carbocycles. The van der Waals surface area contributed by atoms with Gasteiger partial charge in [-0.05, 0) is 6.92 Å². The number of nitriles is 1. The predicted molar refractivity (Wildman–Crippen MR) is 48.1 cm³/mol. The van der Waals surface area contributed by atoms with Crippen LogP contribution >= 0.6 is 12.4 Å². The van der Waals surface area contributed by atoms with Crippen LogP contribution in [0.25, 0.3) is 0 Å². The molecule has 1 nitrogen and oxygen atoms in total. The molecule has 0 aliphatic rings. The van der Waals surface area contributed by atoms with E-state index in [2.05, 4.69) is 19.7 Å². The van der Waals surface area contributed by atoms with Gasteiger partial charge in [0.2, 0.25) is 0 Å². The molecule has 0 saturated heterocycles. The van der Waals surface area contributed by atoms with Crippen LogP contribution in [0, 0.1) is 11.3 Å². The quantitative estimate of drug-likeness (QED) is 0.424. The van der Waals surface area contributed by atoms with Crippen molar-refractivity contribution in [1.82, 2.24) is 0 Å². The molecule has 0 spiro atoms. The highest BCUT2D eigenvalue weighted by atomic mass is 35.5. The Morgan fingerprint density at radius 1 is 1.50 bits per heavy atom. The van der Waals surface area contributed by atoms with Crippen molar-refractivity contribution in [1.29, 1.82) is 5.26 Å². The van der Waals surface area contributed by atoms with Gasteiger partial charge in [0.05, 0.1) is 6.07 Å². The summed E-state index contributed by atoms with van der Waals surface area (Å²) in [6.45, 7) is 12.0. The zero-order valence-corrected chi connectivity index (χ0v) is 6.95. The highest BCUT2D eigenvalue weighted by Crippen LogP contribution is 1.81. The molecule has 0 N–H and O–H groups in total. The smallest absolute Gasteiger partial charge is 0.0905 e. The molecule has 2 heteroatoms. The van der Waals surface area contributed by atoms with E-state index in [0.717, 1.165) is 5.57 Å². The lowest BCUT2D eigenvalue weighted by atomic mass is 10.4. The molecular weight excluding hydrogens is 146 g/mol. The Balaban J connectivity index is -0.0000000910. The average molecular weight is 158 g/mol. The summed E-state index contributed by atoms with van der Waals surface area (Å²) in [5, 5.41) is 7.51. The molecular formula is C8H12ClN. The van der Waals surface area contributed by atoms with E-state index in [-0.39, 0.29) is 12.4 Å². The van der Waals surface area contributed by atoms with Gasteiger partial charge >= 0.3 is 0 Å². The summed E-state index contributed by atoms with van der Waals surface area (Å²) in [6.07, 6.45) is 2.90. The molecule has 0 heterocycles. The fraction of sp³-hybridized carbons (Fsp3) is 0.125. The van der Waals surface area contributed by atoms with Gasteiger partial charge in [-0.1, -0.05) is 31.4 Å².